The number of hydrogen-bond acceptors (Lipinski definition) is 2. The fraction of sp³-hybridized carbons (Fsp3) is 0.462. The lowest BCUT2D eigenvalue weighted by molar-refractivity contribution is 0.319. The summed E-state index contributed by atoms with van der Waals surface area (Å²) in [5.74, 6) is 0.818. The maximum Gasteiger partial charge on any atom is 0.188 e. The first kappa shape index (κ1) is 11.8. The molecule has 82 valence electrons. The molecule has 0 atom stereocenters. The van der Waals surface area contributed by atoms with Crippen molar-refractivity contribution in [3.63, 3.8) is 0 Å². The second kappa shape index (κ2) is 6.23. The lowest BCUT2D eigenvalue weighted by Crippen LogP contribution is -2.02. The molecule has 0 amide bonds. The number of ether oxygens (including phenoxy) is 1. The van der Waals surface area contributed by atoms with E-state index in [-0.39, 0.29) is 0 Å². The molecule has 2 heteroatoms. The fourth-order valence-corrected chi connectivity index (χ4v) is 1.43. The van der Waals surface area contributed by atoms with E-state index in [1.54, 1.807) is 0 Å². The first-order valence-electron chi connectivity index (χ1n) is 5.60. The van der Waals surface area contributed by atoms with E-state index in [2.05, 4.69) is 24.9 Å². The van der Waals surface area contributed by atoms with Gasteiger partial charge in [0.1, 0.15) is 0 Å². The third-order valence-electron chi connectivity index (χ3n) is 2.23. The Balaban J connectivity index is 2.94. The summed E-state index contributed by atoms with van der Waals surface area (Å²) in [7, 11) is 0. The van der Waals surface area contributed by atoms with Crippen molar-refractivity contribution in [3.8, 4) is 0 Å². The number of aryl methyl sites for hydroxylation is 1. The lowest BCUT2D eigenvalue weighted by Gasteiger charge is -2.07. The van der Waals surface area contributed by atoms with E-state index in [0.717, 1.165) is 24.4 Å². The van der Waals surface area contributed by atoms with Gasteiger partial charge in [-0.2, -0.15) is 0 Å². The van der Waals surface area contributed by atoms with Gasteiger partial charge in [-0.15, -0.1) is 0 Å². The van der Waals surface area contributed by atoms with Gasteiger partial charge in [0.05, 0.1) is 12.3 Å². The minimum atomic E-state index is 0.682. The van der Waals surface area contributed by atoms with Gasteiger partial charge in [0.25, 0.3) is 0 Å². The van der Waals surface area contributed by atoms with Crippen molar-refractivity contribution in [1.82, 2.24) is 0 Å². The van der Waals surface area contributed by atoms with E-state index in [1.165, 1.54) is 5.56 Å². The molecule has 0 saturated carbocycles. The van der Waals surface area contributed by atoms with Crippen molar-refractivity contribution in [2.24, 2.45) is 4.99 Å². The van der Waals surface area contributed by atoms with Crippen LogP contribution in [0.1, 0.15) is 32.8 Å². The maximum absolute atomic E-state index is 5.44. The molecular formula is C13H19NO. The molecule has 0 fully saturated rings. The third-order valence-corrected chi connectivity index (χ3v) is 2.23. The number of aliphatic imine (C=N–C) groups is 1. The van der Waals surface area contributed by atoms with Gasteiger partial charge in [-0.25, -0.2) is 4.99 Å². The molecule has 0 aromatic heterocycles. The molecule has 0 heterocycles. The van der Waals surface area contributed by atoms with Crippen LogP contribution >= 0.6 is 0 Å². The van der Waals surface area contributed by atoms with Gasteiger partial charge in [-0.05, 0) is 25.0 Å². The van der Waals surface area contributed by atoms with E-state index < -0.39 is 0 Å². The molecular weight excluding hydrogens is 186 g/mol. The summed E-state index contributed by atoms with van der Waals surface area (Å²) in [6.45, 7) is 6.86. The molecule has 0 bridgehead atoms. The maximum atomic E-state index is 5.44. The zero-order chi connectivity index (χ0) is 11.1. The molecule has 0 aliphatic rings. The number of benzene rings is 1. The van der Waals surface area contributed by atoms with Gasteiger partial charge in [-0.1, -0.05) is 32.0 Å². The van der Waals surface area contributed by atoms with E-state index in [0.29, 0.717) is 6.61 Å². The largest absolute Gasteiger partial charge is 0.481 e. The zero-order valence-electron chi connectivity index (χ0n) is 9.79. The van der Waals surface area contributed by atoms with Crippen LogP contribution in [0.2, 0.25) is 0 Å². The standard InChI is InChI=1S/C13H19NO/c1-4-11-9-7-8-10-12(11)14-13(5-2)15-6-3/h7-10H,4-6H2,1-3H3. The average Bonchev–Trinajstić information content (AvgIpc) is 2.29. The normalized spacial score (nSPS) is 11.5. The molecule has 0 aliphatic carbocycles. The van der Waals surface area contributed by atoms with Crippen LogP contribution in [0.3, 0.4) is 0 Å². The predicted molar refractivity (Wildman–Crippen MR) is 64.8 cm³/mol. The van der Waals surface area contributed by atoms with Crippen LogP contribution in [0, 0.1) is 0 Å². The minimum absolute atomic E-state index is 0.682. The summed E-state index contributed by atoms with van der Waals surface area (Å²) in [4.78, 5) is 4.53. The molecule has 0 unspecified atom stereocenters. The Hall–Kier alpha value is -1.31. The molecule has 0 spiro atoms. The second-order valence-corrected chi connectivity index (χ2v) is 3.27. The number of para-hydroxylation sites is 1. The van der Waals surface area contributed by atoms with Gasteiger partial charge < -0.3 is 4.74 Å². The highest BCUT2D eigenvalue weighted by molar-refractivity contribution is 5.79. The summed E-state index contributed by atoms with van der Waals surface area (Å²) >= 11 is 0. The monoisotopic (exact) mass is 205 g/mol. The van der Waals surface area contributed by atoms with Crippen molar-refractivity contribution < 1.29 is 4.74 Å². The van der Waals surface area contributed by atoms with Crippen molar-refractivity contribution >= 4 is 11.6 Å². The fourth-order valence-electron chi connectivity index (χ4n) is 1.43. The minimum Gasteiger partial charge on any atom is -0.481 e. The van der Waals surface area contributed by atoms with Gasteiger partial charge >= 0.3 is 0 Å². The van der Waals surface area contributed by atoms with E-state index >= 15 is 0 Å². The van der Waals surface area contributed by atoms with Gasteiger partial charge in [0.2, 0.25) is 0 Å². The van der Waals surface area contributed by atoms with Crippen molar-refractivity contribution in [3.05, 3.63) is 29.8 Å². The van der Waals surface area contributed by atoms with Crippen LogP contribution in [0.25, 0.3) is 0 Å². The highest BCUT2D eigenvalue weighted by atomic mass is 16.5. The van der Waals surface area contributed by atoms with E-state index in [4.69, 9.17) is 4.74 Å². The van der Waals surface area contributed by atoms with Crippen LogP contribution in [-0.4, -0.2) is 12.5 Å². The molecule has 2 nitrogen and oxygen atoms in total. The summed E-state index contributed by atoms with van der Waals surface area (Å²) in [5.41, 5.74) is 2.30. The smallest absolute Gasteiger partial charge is 0.188 e. The van der Waals surface area contributed by atoms with Crippen molar-refractivity contribution in [1.29, 1.82) is 0 Å². The molecule has 15 heavy (non-hydrogen) atoms. The van der Waals surface area contributed by atoms with Crippen LogP contribution in [-0.2, 0) is 11.2 Å². The quantitative estimate of drug-likeness (QED) is 0.542. The van der Waals surface area contributed by atoms with Crippen LogP contribution in [0.4, 0.5) is 5.69 Å². The highest BCUT2D eigenvalue weighted by Gasteiger charge is 2.00. The predicted octanol–water partition coefficient (Wildman–Crippen LogP) is 3.73. The summed E-state index contributed by atoms with van der Waals surface area (Å²) in [5, 5.41) is 0. The number of nitrogens with zero attached hydrogens (tertiary/aromatic N) is 1. The van der Waals surface area contributed by atoms with Crippen molar-refractivity contribution in [2.45, 2.75) is 33.6 Å². The second-order valence-electron chi connectivity index (χ2n) is 3.27. The summed E-state index contributed by atoms with van der Waals surface area (Å²) < 4.78 is 5.44. The van der Waals surface area contributed by atoms with Crippen LogP contribution in [0.5, 0.6) is 0 Å². The number of rotatable bonds is 4. The first-order chi connectivity index (χ1) is 7.31. The summed E-state index contributed by atoms with van der Waals surface area (Å²) in [6.07, 6.45) is 1.84. The first-order valence-corrected chi connectivity index (χ1v) is 5.60. The van der Waals surface area contributed by atoms with Crippen molar-refractivity contribution in [2.75, 3.05) is 6.61 Å². The average molecular weight is 205 g/mol. The third kappa shape index (κ3) is 3.39. The Labute approximate surface area is 92.0 Å². The Morgan fingerprint density at radius 3 is 2.53 bits per heavy atom. The van der Waals surface area contributed by atoms with Crippen LogP contribution in [0.15, 0.2) is 29.3 Å². The molecule has 0 saturated heterocycles. The highest BCUT2D eigenvalue weighted by Crippen LogP contribution is 2.19. The molecule has 0 radical (unpaired) electrons. The van der Waals surface area contributed by atoms with E-state index in [1.807, 2.05) is 25.1 Å². The zero-order valence-corrected chi connectivity index (χ0v) is 9.79. The van der Waals surface area contributed by atoms with Gasteiger partial charge in [-0.3, -0.25) is 0 Å². The Morgan fingerprint density at radius 2 is 1.93 bits per heavy atom. The Bertz CT molecular complexity index is 331. The Kier molecular flexibility index (Phi) is 4.88. The molecule has 0 N–H and O–H groups in total. The van der Waals surface area contributed by atoms with Gasteiger partial charge in [0.15, 0.2) is 5.90 Å². The summed E-state index contributed by atoms with van der Waals surface area (Å²) in [6, 6.07) is 8.20. The molecule has 1 rings (SSSR count). The number of hydrogen-bond donors (Lipinski definition) is 0. The molecule has 0 aliphatic heterocycles. The SMILES string of the molecule is CCOC(CC)=Nc1ccccc1CC. The molecule has 1 aromatic rings. The topological polar surface area (TPSA) is 21.6 Å². The van der Waals surface area contributed by atoms with Crippen LogP contribution < -0.4 is 0 Å². The Morgan fingerprint density at radius 1 is 1.20 bits per heavy atom. The van der Waals surface area contributed by atoms with Gasteiger partial charge in [0, 0.05) is 6.42 Å². The lowest BCUT2D eigenvalue weighted by atomic mass is 10.1. The van der Waals surface area contributed by atoms with E-state index in [9.17, 15) is 0 Å². The molecule has 1 aromatic carbocycles.